The van der Waals surface area contributed by atoms with Gasteiger partial charge in [0.1, 0.15) is 11.6 Å². The molecule has 0 unspecified atom stereocenters. The van der Waals surface area contributed by atoms with Crippen molar-refractivity contribution < 1.29 is 13.9 Å². The van der Waals surface area contributed by atoms with E-state index in [1.807, 2.05) is 31.2 Å². The normalized spacial score (nSPS) is 10.2. The molecular weight excluding hydrogens is 243 g/mol. The minimum atomic E-state index is -0.355. The summed E-state index contributed by atoms with van der Waals surface area (Å²) in [4.78, 5) is 11.0. The quantitative estimate of drug-likeness (QED) is 0.755. The van der Waals surface area contributed by atoms with Gasteiger partial charge in [0.2, 0.25) is 0 Å². The first kappa shape index (κ1) is 13.3. The van der Waals surface area contributed by atoms with Crippen molar-refractivity contribution in [3.05, 3.63) is 53.8 Å². The van der Waals surface area contributed by atoms with Gasteiger partial charge in [-0.05, 0) is 47.9 Å². The zero-order chi connectivity index (χ0) is 13.7. The Morgan fingerprint density at radius 1 is 1.16 bits per heavy atom. The standard InChI is InChI=1S/C16H15FO2/c1-2-9-19-15-7-4-12(5-8-15)16-10-14(17)6-3-13(16)11-18/h3-8,10-11H,2,9H2,1H3. The summed E-state index contributed by atoms with van der Waals surface area (Å²) >= 11 is 0. The van der Waals surface area contributed by atoms with Gasteiger partial charge in [0.25, 0.3) is 0 Å². The van der Waals surface area contributed by atoms with Crippen molar-refractivity contribution in [1.82, 2.24) is 0 Å². The van der Waals surface area contributed by atoms with Crippen molar-refractivity contribution >= 4 is 6.29 Å². The molecule has 2 nitrogen and oxygen atoms in total. The number of halogens is 1. The van der Waals surface area contributed by atoms with Crippen LogP contribution in [0.3, 0.4) is 0 Å². The summed E-state index contributed by atoms with van der Waals surface area (Å²) < 4.78 is 18.8. The molecule has 0 spiro atoms. The number of aldehydes is 1. The second-order valence-electron chi connectivity index (χ2n) is 4.22. The first-order chi connectivity index (χ1) is 9.24. The van der Waals surface area contributed by atoms with Gasteiger partial charge in [-0.3, -0.25) is 4.79 Å². The van der Waals surface area contributed by atoms with Crippen molar-refractivity contribution in [3.63, 3.8) is 0 Å². The maximum absolute atomic E-state index is 13.3. The van der Waals surface area contributed by atoms with Gasteiger partial charge in [-0.25, -0.2) is 4.39 Å². The number of carbonyl (C=O) groups is 1. The summed E-state index contributed by atoms with van der Waals surface area (Å²) in [6.45, 7) is 2.70. The molecule has 0 amide bonds. The van der Waals surface area contributed by atoms with Gasteiger partial charge in [-0.1, -0.05) is 19.1 Å². The van der Waals surface area contributed by atoms with Crippen molar-refractivity contribution in [3.8, 4) is 16.9 Å². The largest absolute Gasteiger partial charge is 0.494 e. The molecule has 0 saturated heterocycles. The number of ether oxygens (including phenoxy) is 1. The molecular formula is C16H15FO2. The van der Waals surface area contributed by atoms with Gasteiger partial charge in [0.15, 0.2) is 6.29 Å². The molecule has 0 aliphatic heterocycles. The Hall–Kier alpha value is -2.16. The average molecular weight is 258 g/mol. The molecule has 19 heavy (non-hydrogen) atoms. The summed E-state index contributed by atoms with van der Waals surface area (Å²) in [5.41, 5.74) is 1.87. The van der Waals surface area contributed by atoms with Gasteiger partial charge >= 0.3 is 0 Å². The fraction of sp³-hybridized carbons (Fsp3) is 0.188. The maximum Gasteiger partial charge on any atom is 0.150 e. The number of carbonyl (C=O) groups excluding carboxylic acids is 1. The highest BCUT2D eigenvalue weighted by atomic mass is 19.1. The van der Waals surface area contributed by atoms with Gasteiger partial charge in [0.05, 0.1) is 6.61 Å². The van der Waals surface area contributed by atoms with E-state index in [0.717, 1.165) is 24.0 Å². The molecule has 2 aromatic rings. The van der Waals surface area contributed by atoms with Crippen molar-refractivity contribution in [1.29, 1.82) is 0 Å². The van der Waals surface area contributed by atoms with Crippen LogP contribution < -0.4 is 4.74 Å². The van der Waals surface area contributed by atoms with Gasteiger partial charge in [0, 0.05) is 5.56 Å². The lowest BCUT2D eigenvalue weighted by Crippen LogP contribution is -1.95. The highest BCUT2D eigenvalue weighted by molar-refractivity contribution is 5.87. The zero-order valence-corrected chi connectivity index (χ0v) is 10.7. The van der Waals surface area contributed by atoms with Gasteiger partial charge in [-0.2, -0.15) is 0 Å². The van der Waals surface area contributed by atoms with Crippen LogP contribution in [0.5, 0.6) is 5.75 Å². The Bertz CT molecular complexity index is 561. The van der Waals surface area contributed by atoms with E-state index < -0.39 is 0 Å². The van der Waals surface area contributed by atoms with Crippen LogP contribution in [0.25, 0.3) is 11.1 Å². The third-order valence-corrected chi connectivity index (χ3v) is 2.78. The molecule has 0 saturated carbocycles. The summed E-state index contributed by atoms with van der Waals surface area (Å²) in [6.07, 6.45) is 1.68. The summed E-state index contributed by atoms with van der Waals surface area (Å²) in [5, 5.41) is 0. The van der Waals surface area contributed by atoms with E-state index in [9.17, 15) is 9.18 Å². The number of benzene rings is 2. The van der Waals surface area contributed by atoms with E-state index in [1.165, 1.54) is 18.2 Å². The number of hydrogen-bond acceptors (Lipinski definition) is 2. The molecule has 98 valence electrons. The molecule has 0 N–H and O–H groups in total. The van der Waals surface area contributed by atoms with E-state index in [0.29, 0.717) is 17.7 Å². The minimum absolute atomic E-state index is 0.355. The molecule has 2 aromatic carbocycles. The monoisotopic (exact) mass is 258 g/mol. The fourth-order valence-electron chi connectivity index (χ4n) is 1.83. The molecule has 0 bridgehead atoms. The molecule has 0 radical (unpaired) electrons. The second kappa shape index (κ2) is 6.14. The van der Waals surface area contributed by atoms with E-state index in [1.54, 1.807) is 0 Å². The van der Waals surface area contributed by atoms with E-state index in [4.69, 9.17) is 4.74 Å². The van der Waals surface area contributed by atoms with E-state index >= 15 is 0 Å². The first-order valence-electron chi connectivity index (χ1n) is 6.22. The molecule has 0 fully saturated rings. The predicted octanol–water partition coefficient (Wildman–Crippen LogP) is 4.09. The molecule has 3 heteroatoms. The lowest BCUT2D eigenvalue weighted by Gasteiger charge is -2.08. The summed E-state index contributed by atoms with van der Waals surface area (Å²) in [5.74, 6) is 0.418. The van der Waals surface area contributed by atoms with Gasteiger partial charge in [-0.15, -0.1) is 0 Å². The predicted molar refractivity (Wildman–Crippen MR) is 73.0 cm³/mol. The van der Waals surface area contributed by atoms with E-state index in [2.05, 4.69) is 0 Å². The van der Waals surface area contributed by atoms with Gasteiger partial charge < -0.3 is 4.74 Å². The smallest absolute Gasteiger partial charge is 0.150 e. The highest BCUT2D eigenvalue weighted by Gasteiger charge is 2.06. The van der Waals surface area contributed by atoms with Crippen LogP contribution in [0.1, 0.15) is 23.7 Å². The lowest BCUT2D eigenvalue weighted by molar-refractivity contribution is 0.112. The van der Waals surface area contributed by atoms with Crippen molar-refractivity contribution in [2.75, 3.05) is 6.61 Å². The third kappa shape index (κ3) is 3.19. The van der Waals surface area contributed by atoms with Crippen molar-refractivity contribution in [2.45, 2.75) is 13.3 Å². The van der Waals surface area contributed by atoms with Crippen LogP contribution in [0, 0.1) is 5.82 Å². The maximum atomic E-state index is 13.3. The third-order valence-electron chi connectivity index (χ3n) is 2.78. The van der Waals surface area contributed by atoms with Crippen LogP contribution in [-0.4, -0.2) is 12.9 Å². The molecule has 2 rings (SSSR count). The van der Waals surface area contributed by atoms with Crippen LogP contribution in [-0.2, 0) is 0 Å². The minimum Gasteiger partial charge on any atom is -0.494 e. The SMILES string of the molecule is CCCOc1ccc(-c2cc(F)ccc2C=O)cc1. The Morgan fingerprint density at radius 2 is 1.89 bits per heavy atom. The summed E-state index contributed by atoms with van der Waals surface area (Å²) in [6, 6.07) is 11.4. The molecule has 0 aromatic heterocycles. The van der Waals surface area contributed by atoms with E-state index in [-0.39, 0.29) is 5.82 Å². The first-order valence-corrected chi connectivity index (χ1v) is 6.22. The van der Waals surface area contributed by atoms with Crippen molar-refractivity contribution in [2.24, 2.45) is 0 Å². The lowest BCUT2D eigenvalue weighted by atomic mass is 10.0. The van der Waals surface area contributed by atoms with Crippen LogP contribution in [0.15, 0.2) is 42.5 Å². The Balaban J connectivity index is 2.31. The Kier molecular flexibility index (Phi) is 4.29. The number of rotatable bonds is 5. The molecule has 0 aliphatic carbocycles. The summed E-state index contributed by atoms with van der Waals surface area (Å²) in [7, 11) is 0. The Morgan fingerprint density at radius 3 is 2.53 bits per heavy atom. The highest BCUT2D eigenvalue weighted by Crippen LogP contribution is 2.26. The molecule has 0 heterocycles. The topological polar surface area (TPSA) is 26.3 Å². The zero-order valence-electron chi connectivity index (χ0n) is 10.7. The average Bonchev–Trinajstić information content (AvgIpc) is 2.45. The van der Waals surface area contributed by atoms with Crippen LogP contribution in [0.4, 0.5) is 4.39 Å². The van der Waals surface area contributed by atoms with Crippen LogP contribution >= 0.6 is 0 Å². The van der Waals surface area contributed by atoms with Crippen LogP contribution in [0.2, 0.25) is 0 Å². The fourth-order valence-corrected chi connectivity index (χ4v) is 1.83. The second-order valence-corrected chi connectivity index (χ2v) is 4.22. The number of hydrogen-bond donors (Lipinski definition) is 0. The molecule has 0 aliphatic rings. The molecule has 0 atom stereocenters. The Labute approximate surface area is 111 Å².